The van der Waals surface area contributed by atoms with Crippen molar-refractivity contribution in [3.05, 3.63) is 47.5 Å². The summed E-state index contributed by atoms with van der Waals surface area (Å²) in [4.78, 5) is 23.6. The molecule has 5 rings (SSSR count). The lowest BCUT2D eigenvalue weighted by Gasteiger charge is -2.19. The smallest absolute Gasteiger partial charge is 0.237 e. The molecule has 0 radical (unpaired) electrons. The molecule has 1 saturated carbocycles. The highest BCUT2D eigenvalue weighted by molar-refractivity contribution is 6.31. The summed E-state index contributed by atoms with van der Waals surface area (Å²) in [6.45, 7) is 1.35. The zero-order valence-electron chi connectivity index (χ0n) is 21.0. The Morgan fingerprint density at radius 3 is 2.81 bits per heavy atom. The van der Waals surface area contributed by atoms with E-state index in [0.29, 0.717) is 47.1 Å². The van der Waals surface area contributed by atoms with Gasteiger partial charge in [0.25, 0.3) is 0 Å². The van der Waals surface area contributed by atoms with Crippen LogP contribution in [0, 0.1) is 11.7 Å². The number of benzene rings is 2. The first-order valence-electron chi connectivity index (χ1n) is 12.6. The second-order valence-electron chi connectivity index (χ2n) is 9.80. The number of carbonyl (C=O) groups excluding carboxylic acids is 1. The topological polar surface area (TPSA) is 88.6 Å². The van der Waals surface area contributed by atoms with Gasteiger partial charge in [-0.05, 0) is 44.0 Å². The number of anilines is 2. The zero-order valence-corrected chi connectivity index (χ0v) is 21.7. The van der Waals surface area contributed by atoms with Gasteiger partial charge in [-0.3, -0.25) is 9.69 Å². The Balaban J connectivity index is 1.34. The molecule has 1 amide bonds. The van der Waals surface area contributed by atoms with Crippen LogP contribution in [0.15, 0.2) is 36.7 Å². The number of nitrogens with one attached hydrogen (secondary N) is 2. The van der Waals surface area contributed by atoms with Crippen molar-refractivity contribution >= 4 is 39.9 Å². The summed E-state index contributed by atoms with van der Waals surface area (Å²) in [5.41, 5.74) is 0.812. The average Bonchev–Trinajstić information content (AvgIpc) is 3.55. The number of ether oxygens (including phenoxy) is 2. The molecule has 8 nitrogen and oxygen atoms in total. The Morgan fingerprint density at radius 2 is 2.03 bits per heavy atom. The van der Waals surface area contributed by atoms with E-state index in [1.807, 2.05) is 11.9 Å². The van der Waals surface area contributed by atoms with Gasteiger partial charge in [-0.25, -0.2) is 14.4 Å². The molecule has 2 N–H and O–H groups in total. The van der Waals surface area contributed by atoms with E-state index in [-0.39, 0.29) is 28.8 Å². The molecule has 3 aromatic rings. The van der Waals surface area contributed by atoms with Crippen LogP contribution < -0.4 is 20.1 Å². The molecule has 196 valence electrons. The lowest BCUT2D eigenvalue weighted by molar-refractivity contribution is -0.125. The number of halogens is 2. The molecule has 2 heterocycles. The third kappa shape index (κ3) is 5.57. The van der Waals surface area contributed by atoms with E-state index in [2.05, 4.69) is 20.6 Å². The summed E-state index contributed by atoms with van der Waals surface area (Å²) >= 11 is 5.94. The van der Waals surface area contributed by atoms with E-state index in [1.54, 1.807) is 31.4 Å². The molecular formula is C27H31ClFN5O3. The SMILES string of the molecule is COc1cc2ncnc(Nc3cccc(Cl)c3F)c2cc1O[C@H]1C[C@H](C(=O)NCC2CCCC2)N(C)C1. The molecular weight excluding hydrogens is 497 g/mol. The number of methoxy groups -OCH3 is 1. The molecule has 1 aliphatic carbocycles. The highest BCUT2D eigenvalue weighted by Gasteiger charge is 2.36. The third-order valence-electron chi connectivity index (χ3n) is 7.27. The third-order valence-corrected chi connectivity index (χ3v) is 7.56. The number of nitrogens with zero attached hydrogens (tertiary/aromatic N) is 3. The Labute approximate surface area is 220 Å². The number of aromatic nitrogens is 2. The Kier molecular flexibility index (Phi) is 7.62. The van der Waals surface area contributed by atoms with Gasteiger partial charge in [0.2, 0.25) is 5.91 Å². The van der Waals surface area contributed by atoms with Crippen LogP contribution in [0.25, 0.3) is 10.9 Å². The largest absolute Gasteiger partial charge is 0.493 e. The standard InChI is InChI=1S/C27H31ClFN5O3/c1-34-14-17(10-22(34)27(35)30-13-16-6-3-4-7-16)37-24-11-18-21(12-23(24)36-2)31-15-32-26(18)33-20-9-5-8-19(28)25(20)29/h5,8-9,11-12,15-17,22H,3-4,6-7,10,13-14H2,1-2H3,(H,30,35)(H,31,32,33)/t17-,22+/m0/s1. The van der Waals surface area contributed by atoms with Crippen molar-refractivity contribution < 1.29 is 18.7 Å². The van der Waals surface area contributed by atoms with E-state index in [4.69, 9.17) is 21.1 Å². The molecule has 1 aromatic heterocycles. The van der Waals surface area contributed by atoms with Crippen LogP contribution >= 0.6 is 11.6 Å². The number of fused-ring (bicyclic) bond motifs is 1. The van der Waals surface area contributed by atoms with Gasteiger partial charge in [-0.2, -0.15) is 0 Å². The van der Waals surface area contributed by atoms with E-state index in [1.165, 1.54) is 38.1 Å². The van der Waals surface area contributed by atoms with Gasteiger partial charge in [0.05, 0.1) is 29.4 Å². The number of likely N-dealkylation sites (N-methyl/N-ethyl adjacent to an activating group) is 1. The number of amides is 1. The van der Waals surface area contributed by atoms with Gasteiger partial charge in [0.15, 0.2) is 17.3 Å². The quantitative estimate of drug-likeness (QED) is 0.429. The van der Waals surface area contributed by atoms with Crippen molar-refractivity contribution in [3.63, 3.8) is 0 Å². The summed E-state index contributed by atoms with van der Waals surface area (Å²) in [6, 6.07) is 8.03. The van der Waals surface area contributed by atoms with Gasteiger partial charge in [0, 0.05) is 31.0 Å². The first kappa shape index (κ1) is 25.5. The summed E-state index contributed by atoms with van der Waals surface area (Å²) in [6.07, 6.45) is 6.65. The minimum atomic E-state index is -0.563. The maximum atomic E-state index is 14.5. The fraction of sp³-hybridized carbons (Fsp3) is 0.444. The van der Waals surface area contributed by atoms with Crippen LogP contribution in [-0.2, 0) is 4.79 Å². The van der Waals surface area contributed by atoms with Crippen LogP contribution in [0.3, 0.4) is 0 Å². The monoisotopic (exact) mass is 527 g/mol. The Hall–Kier alpha value is -3.17. The number of carbonyl (C=O) groups is 1. The minimum absolute atomic E-state index is 0.0150. The first-order chi connectivity index (χ1) is 17.9. The second-order valence-corrected chi connectivity index (χ2v) is 10.2. The van der Waals surface area contributed by atoms with Gasteiger partial charge < -0.3 is 20.1 Å². The number of likely N-dealkylation sites (tertiary alicyclic amines) is 1. The molecule has 10 heteroatoms. The molecule has 0 spiro atoms. The summed E-state index contributed by atoms with van der Waals surface area (Å²) < 4.78 is 26.5. The molecule has 0 unspecified atom stereocenters. The van der Waals surface area contributed by atoms with Gasteiger partial charge in [0.1, 0.15) is 18.2 Å². The summed E-state index contributed by atoms with van der Waals surface area (Å²) in [5, 5.41) is 6.80. The van der Waals surface area contributed by atoms with E-state index >= 15 is 0 Å². The minimum Gasteiger partial charge on any atom is -0.493 e. The first-order valence-corrected chi connectivity index (χ1v) is 13.0. The van der Waals surface area contributed by atoms with E-state index in [0.717, 1.165) is 6.54 Å². The fourth-order valence-electron chi connectivity index (χ4n) is 5.24. The molecule has 2 atom stereocenters. The Morgan fingerprint density at radius 1 is 1.22 bits per heavy atom. The highest BCUT2D eigenvalue weighted by atomic mass is 35.5. The fourth-order valence-corrected chi connectivity index (χ4v) is 5.42. The van der Waals surface area contributed by atoms with Crippen LogP contribution in [0.4, 0.5) is 15.9 Å². The zero-order chi connectivity index (χ0) is 25.9. The second kappa shape index (κ2) is 11.1. The number of hydrogen-bond acceptors (Lipinski definition) is 7. The molecule has 1 saturated heterocycles. The summed E-state index contributed by atoms with van der Waals surface area (Å²) in [5.74, 6) is 1.51. The van der Waals surface area contributed by atoms with Crippen LogP contribution in [-0.4, -0.2) is 60.2 Å². The number of hydrogen-bond donors (Lipinski definition) is 2. The van der Waals surface area contributed by atoms with Gasteiger partial charge in [-0.1, -0.05) is 30.5 Å². The molecule has 37 heavy (non-hydrogen) atoms. The maximum Gasteiger partial charge on any atom is 0.237 e. The number of rotatable bonds is 8. The lowest BCUT2D eigenvalue weighted by atomic mass is 10.1. The Bertz CT molecular complexity index is 1290. The lowest BCUT2D eigenvalue weighted by Crippen LogP contribution is -2.42. The van der Waals surface area contributed by atoms with Crippen molar-refractivity contribution in [2.45, 2.75) is 44.2 Å². The summed E-state index contributed by atoms with van der Waals surface area (Å²) in [7, 11) is 3.51. The normalized spacial score (nSPS) is 20.3. The predicted octanol–water partition coefficient (Wildman–Crippen LogP) is 4.93. The van der Waals surface area contributed by atoms with Crippen molar-refractivity contribution in [2.24, 2.45) is 5.92 Å². The average molecular weight is 528 g/mol. The van der Waals surface area contributed by atoms with Crippen LogP contribution in [0.2, 0.25) is 5.02 Å². The molecule has 2 fully saturated rings. The molecule has 0 bridgehead atoms. The maximum absolute atomic E-state index is 14.5. The van der Waals surface area contributed by atoms with Crippen molar-refractivity contribution in [2.75, 3.05) is 32.6 Å². The molecule has 1 aliphatic heterocycles. The van der Waals surface area contributed by atoms with Crippen molar-refractivity contribution in [1.82, 2.24) is 20.2 Å². The van der Waals surface area contributed by atoms with E-state index < -0.39 is 5.82 Å². The highest BCUT2D eigenvalue weighted by Crippen LogP contribution is 2.37. The molecule has 2 aromatic carbocycles. The van der Waals surface area contributed by atoms with Crippen LogP contribution in [0.5, 0.6) is 11.5 Å². The van der Waals surface area contributed by atoms with Gasteiger partial charge >= 0.3 is 0 Å². The van der Waals surface area contributed by atoms with Crippen molar-refractivity contribution in [1.29, 1.82) is 0 Å². The van der Waals surface area contributed by atoms with Gasteiger partial charge in [-0.15, -0.1) is 0 Å². The molecule has 2 aliphatic rings. The van der Waals surface area contributed by atoms with E-state index in [9.17, 15) is 9.18 Å². The predicted molar refractivity (Wildman–Crippen MR) is 141 cm³/mol. The van der Waals surface area contributed by atoms with Crippen molar-refractivity contribution in [3.8, 4) is 11.5 Å². The van der Waals surface area contributed by atoms with Crippen LogP contribution in [0.1, 0.15) is 32.1 Å².